The molecule has 0 unspecified atom stereocenters. The molecule has 3 amide bonds. The van der Waals surface area contributed by atoms with E-state index >= 15 is 0 Å². The number of rotatable bonds is 5. The fraction of sp³-hybridized carbons (Fsp3) is 0.481. The molecule has 37 heavy (non-hydrogen) atoms. The Kier molecular flexibility index (Phi) is 6.85. The Labute approximate surface area is 220 Å². The van der Waals surface area contributed by atoms with Crippen LogP contribution in [0.4, 0.5) is 0 Å². The van der Waals surface area contributed by atoms with Gasteiger partial charge in [-0.25, -0.2) is 4.79 Å². The zero-order chi connectivity index (χ0) is 26.4. The average Bonchev–Trinajstić information content (AvgIpc) is 3.18. The molecule has 196 valence electrons. The number of allylic oxidation sites excluding steroid dienone is 1. The van der Waals surface area contributed by atoms with Crippen LogP contribution in [-0.2, 0) is 14.4 Å². The van der Waals surface area contributed by atoms with Gasteiger partial charge in [-0.2, -0.15) is 0 Å². The van der Waals surface area contributed by atoms with Gasteiger partial charge in [0.05, 0.1) is 18.1 Å². The first-order valence-electron chi connectivity index (χ1n) is 12.7. The molecule has 0 spiro atoms. The highest BCUT2D eigenvalue weighted by atomic mass is 35.5. The largest absolute Gasteiger partial charge is 0.477 e. The number of amides is 3. The molecule has 3 fully saturated rings. The minimum absolute atomic E-state index is 0.0213. The highest BCUT2D eigenvalue weighted by Crippen LogP contribution is 2.54. The third-order valence-electron chi connectivity index (χ3n) is 8.11. The predicted octanol–water partition coefficient (Wildman–Crippen LogP) is 2.16. The van der Waals surface area contributed by atoms with E-state index in [4.69, 9.17) is 11.6 Å². The average molecular weight is 528 g/mol. The normalized spacial score (nSPS) is 28.2. The lowest BCUT2D eigenvalue weighted by molar-refractivity contribution is -0.163. The molecular weight excluding hydrogens is 498 g/mol. The molecule has 5 rings (SSSR count). The van der Waals surface area contributed by atoms with Crippen molar-refractivity contribution in [2.24, 2.45) is 17.8 Å². The van der Waals surface area contributed by atoms with Gasteiger partial charge in [0.2, 0.25) is 11.8 Å². The quantitative estimate of drug-likeness (QED) is 0.447. The van der Waals surface area contributed by atoms with Gasteiger partial charge < -0.3 is 24.9 Å². The topological polar surface area (TPSA) is 118 Å². The van der Waals surface area contributed by atoms with Crippen molar-refractivity contribution in [3.8, 4) is 0 Å². The number of carbonyl (C=O) groups is 4. The van der Waals surface area contributed by atoms with Crippen LogP contribution in [0.3, 0.4) is 0 Å². The van der Waals surface area contributed by atoms with Crippen LogP contribution in [0.25, 0.3) is 0 Å². The van der Waals surface area contributed by atoms with Gasteiger partial charge in [0.15, 0.2) is 0 Å². The molecule has 1 aliphatic carbocycles. The van der Waals surface area contributed by atoms with Crippen molar-refractivity contribution >= 4 is 35.3 Å². The van der Waals surface area contributed by atoms with Crippen molar-refractivity contribution in [1.29, 1.82) is 0 Å². The van der Waals surface area contributed by atoms with E-state index in [1.165, 1.54) is 11.0 Å². The number of hydrogen-bond donors (Lipinski definition) is 2. The number of aliphatic carboxylic acids is 1. The van der Waals surface area contributed by atoms with Gasteiger partial charge in [-0.1, -0.05) is 24.1 Å². The van der Waals surface area contributed by atoms with Crippen LogP contribution in [0.2, 0.25) is 5.02 Å². The number of nitrogens with zero attached hydrogens (tertiary/aromatic N) is 3. The number of piperazine rings is 1. The highest BCUT2D eigenvalue weighted by Gasteiger charge is 2.62. The van der Waals surface area contributed by atoms with E-state index in [2.05, 4.69) is 0 Å². The Bertz CT molecular complexity index is 1190. The summed E-state index contributed by atoms with van der Waals surface area (Å²) >= 11 is 5.90. The summed E-state index contributed by atoms with van der Waals surface area (Å²) in [6.07, 6.45) is 4.73. The fourth-order valence-electron chi connectivity index (χ4n) is 6.34. The van der Waals surface area contributed by atoms with Gasteiger partial charge in [0.25, 0.3) is 5.91 Å². The third kappa shape index (κ3) is 4.44. The summed E-state index contributed by atoms with van der Waals surface area (Å²) in [6, 6.07) is 6.39. The molecule has 4 aliphatic rings. The van der Waals surface area contributed by atoms with Crippen LogP contribution in [0.15, 0.2) is 47.7 Å². The molecular formula is C27H30ClN3O6. The minimum Gasteiger partial charge on any atom is -0.477 e. The second-order valence-electron chi connectivity index (χ2n) is 10.2. The lowest BCUT2D eigenvalue weighted by Gasteiger charge is -2.47. The number of carbonyl (C=O) groups excluding carboxylic acids is 3. The molecule has 2 N–H and O–H groups in total. The van der Waals surface area contributed by atoms with Gasteiger partial charge in [-0.15, -0.1) is 0 Å². The molecule has 10 heteroatoms. The van der Waals surface area contributed by atoms with Crippen LogP contribution in [0.5, 0.6) is 0 Å². The second kappa shape index (κ2) is 9.95. The van der Waals surface area contributed by atoms with Crippen molar-refractivity contribution in [2.45, 2.75) is 38.3 Å². The summed E-state index contributed by atoms with van der Waals surface area (Å²) in [7, 11) is 0. The maximum Gasteiger partial charge on any atom is 0.352 e. The molecule has 3 aliphatic heterocycles. The van der Waals surface area contributed by atoms with Gasteiger partial charge in [0.1, 0.15) is 5.70 Å². The number of carboxylic acid groups (broad SMARTS) is 1. The minimum atomic E-state index is -1.15. The maximum absolute atomic E-state index is 13.0. The molecule has 2 saturated heterocycles. The van der Waals surface area contributed by atoms with Crippen LogP contribution in [0, 0.1) is 17.8 Å². The Morgan fingerprint density at radius 2 is 1.70 bits per heavy atom. The number of aliphatic hydroxyl groups is 1. The zero-order valence-electron chi connectivity index (χ0n) is 20.5. The standard InChI is InChI=1S/C27H30ClN3O6/c1-15(32)21-23-19-4-2-3-16(22(19)24(27(36)37)31(23)26(21)35)7-10-20(33)29-11-13-30(14-12-29)25(34)17-5-8-18(28)9-6-17/h5-10,15-16,19,21,23,32H,2-4,11-14H2,1H3,(H,36,37)/b10-7+/t15-,16-,19+,21-,23-/m1/s1. The molecule has 5 atom stereocenters. The highest BCUT2D eigenvalue weighted by molar-refractivity contribution is 6.30. The number of benzene rings is 1. The van der Waals surface area contributed by atoms with Gasteiger partial charge in [-0.3, -0.25) is 14.4 Å². The summed E-state index contributed by atoms with van der Waals surface area (Å²) in [6.45, 7) is 3.21. The Morgan fingerprint density at radius 1 is 1.05 bits per heavy atom. The SMILES string of the molecule is C[C@@H](O)[C@H]1C(=O)N2C(C(=O)O)=C3[C@@H](/C=C/C(=O)N4CCN(C(=O)c5ccc(Cl)cc5)CC4)CCC[C@@H]3[C@H]12. The molecule has 0 bridgehead atoms. The zero-order valence-corrected chi connectivity index (χ0v) is 21.3. The number of β-lactam (4-membered cyclic amide) rings is 1. The lowest BCUT2D eigenvalue weighted by atomic mass is 9.69. The number of carboxylic acids is 1. The van der Waals surface area contributed by atoms with Crippen molar-refractivity contribution in [2.75, 3.05) is 26.2 Å². The van der Waals surface area contributed by atoms with Crippen molar-refractivity contribution in [3.05, 3.63) is 58.3 Å². The molecule has 1 saturated carbocycles. The first-order chi connectivity index (χ1) is 17.7. The van der Waals surface area contributed by atoms with E-state index in [9.17, 15) is 29.4 Å². The summed E-state index contributed by atoms with van der Waals surface area (Å²) in [5, 5.41) is 20.6. The van der Waals surface area contributed by atoms with Crippen LogP contribution < -0.4 is 0 Å². The van der Waals surface area contributed by atoms with Crippen LogP contribution >= 0.6 is 11.6 Å². The number of halogens is 1. The predicted molar refractivity (Wildman–Crippen MR) is 134 cm³/mol. The van der Waals surface area contributed by atoms with Gasteiger partial charge in [-0.05, 0) is 55.7 Å². The molecule has 9 nitrogen and oxygen atoms in total. The Hall–Kier alpha value is -3.17. The van der Waals surface area contributed by atoms with Crippen molar-refractivity contribution in [3.63, 3.8) is 0 Å². The fourth-order valence-corrected chi connectivity index (χ4v) is 6.46. The molecule has 1 aromatic rings. The summed E-state index contributed by atoms with van der Waals surface area (Å²) in [5.41, 5.74) is 1.27. The van der Waals surface area contributed by atoms with E-state index in [0.717, 1.165) is 12.8 Å². The van der Waals surface area contributed by atoms with Gasteiger partial charge >= 0.3 is 5.97 Å². The Balaban J connectivity index is 1.25. The Morgan fingerprint density at radius 3 is 2.32 bits per heavy atom. The van der Waals surface area contributed by atoms with Crippen molar-refractivity contribution in [1.82, 2.24) is 14.7 Å². The summed E-state index contributed by atoms with van der Waals surface area (Å²) in [5.74, 6) is -2.74. The smallest absolute Gasteiger partial charge is 0.352 e. The first kappa shape index (κ1) is 25.5. The van der Waals surface area contributed by atoms with Crippen LogP contribution in [-0.4, -0.2) is 86.9 Å². The number of aliphatic hydroxyl groups excluding tert-OH is 1. The summed E-state index contributed by atoms with van der Waals surface area (Å²) < 4.78 is 0. The third-order valence-corrected chi connectivity index (χ3v) is 8.36. The van der Waals surface area contributed by atoms with E-state index in [0.29, 0.717) is 48.8 Å². The van der Waals surface area contributed by atoms with E-state index in [1.54, 1.807) is 47.1 Å². The molecule has 0 radical (unpaired) electrons. The molecule has 0 aromatic heterocycles. The van der Waals surface area contributed by atoms with E-state index < -0.39 is 18.0 Å². The van der Waals surface area contributed by atoms with E-state index in [-0.39, 0.29) is 41.3 Å². The van der Waals surface area contributed by atoms with Crippen LogP contribution in [0.1, 0.15) is 36.5 Å². The second-order valence-corrected chi connectivity index (χ2v) is 10.6. The monoisotopic (exact) mass is 527 g/mol. The summed E-state index contributed by atoms with van der Waals surface area (Å²) in [4.78, 5) is 55.2. The number of fused-ring (bicyclic) bond motifs is 3. The lowest BCUT2D eigenvalue weighted by Crippen LogP contribution is -2.64. The van der Waals surface area contributed by atoms with Crippen molar-refractivity contribution < 1.29 is 29.4 Å². The first-order valence-corrected chi connectivity index (χ1v) is 13.1. The maximum atomic E-state index is 13.0. The van der Waals surface area contributed by atoms with Gasteiger partial charge in [0, 0.05) is 48.6 Å². The molecule has 3 heterocycles. The molecule has 1 aromatic carbocycles. The number of hydrogen-bond acceptors (Lipinski definition) is 5. The van der Waals surface area contributed by atoms with E-state index in [1.807, 2.05) is 0 Å².